The van der Waals surface area contributed by atoms with Crippen LogP contribution < -0.4 is 5.32 Å². The lowest BCUT2D eigenvalue weighted by Crippen LogP contribution is -2.14. The van der Waals surface area contributed by atoms with E-state index in [2.05, 4.69) is 38.2 Å². The molecule has 0 aromatic heterocycles. The maximum Gasteiger partial charge on any atom is 0.234 e. The van der Waals surface area contributed by atoms with Gasteiger partial charge in [0.05, 0.1) is 5.75 Å². The van der Waals surface area contributed by atoms with Gasteiger partial charge in [0.25, 0.3) is 0 Å². The van der Waals surface area contributed by atoms with E-state index in [1.54, 1.807) is 36.0 Å². The van der Waals surface area contributed by atoms with Crippen LogP contribution in [0.1, 0.15) is 34.0 Å². The number of amides is 1. The third-order valence-corrected chi connectivity index (χ3v) is 4.84. The van der Waals surface area contributed by atoms with Crippen molar-refractivity contribution in [1.82, 2.24) is 0 Å². The highest BCUT2D eigenvalue weighted by molar-refractivity contribution is 8.00. The van der Waals surface area contributed by atoms with Gasteiger partial charge < -0.3 is 5.32 Å². The Morgan fingerprint density at radius 3 is 2.30 bits per heavy atom. The molecule has 120 valence electrons. The van der Waals surface area contributed by atoms with Crippen molar-refractivity contribution in [3.63, 3.8) is 0 Å². The lowest BCUT2D eigenvalue weighted by Gasteiger charge is -2.11. The van der Waals surface area contributed by atoms with Crippen molar-refractivity contribution < 1.29 is 9.59 Å². The smallest absolute Gasteiger partial charge is 0.234 e. The first kappa shape index (κ1) is 17.3. The van der Waals surface area contributed by atoms with Crippen LogP contribution in [-0.4, -0.2) is 17.4 Å². The van der Waals surface area contributed by atoms with Gasteiger partial charge >= 0.3 is 0 Å². The van der Waals surface area contributed by atoms with Crippen LogP contribution in [0.15, 0.2) is 41.3 Å². The predicted octanol–water partition coefficient (Wildman–Crippen LogP) is 4.55. The van der Waals surface area contributed by atoms with Gasteiger partial charge in [0.1, 0.15) is 0 Å². The molecule has 4 heteroatoms. The Morgan fingerprint density at radius 2 is 1.70 bits per heavy atom. The number of benzene rings is 2. The van der Waals surface area contributed by atoms with Gasteiger partial charge in [0, 0.05) is 16.1 Å². The fourth-order valence-electron chi connectivity index (χ4n) is 2.55. The maximum atomic E-state index is 12.1. The molecule has 3 nitrogen and oxygen atoms in total. The molecular formula is C19H21NO2S. The molecule has 0 atom stereocenters. The zero-order valence-corrected chi connectivity index (χ0v) is 14.7. The van der Waals surface area contributed by atoms with E-state index in [1.165, 1.54) is 23.6 Å². The molecule has 2 aromatic carbocycles. The van der Waals surface area contributed by atoms with Crippen LogP contribution in [0.3, 0.4) is 0 Å². The number of Topliss-reactive ketones (excluding diaryl/α,β-unsaturated/α-hetero) is 1. The minimum absolute atomic E-state index is 0.0126. The lowest BCUT2D eigenvalue weighted by molar-refractivity contribution is -0.113. The molecular weight excluding hydrogens is 306 g/mol. The second-order valence-electron chi connectivity index (χ2n) is 5.70. The molecule has 1 amide bonds. The van der Waals surface area contributed by atoms with E-state index in [1.807, 2.05) is 0 Å². The summed E-state index contributed by atoms with van der Waals surface area (Å²) in [6, 6.07) is 11.3. The number of hydrogen-bond donors (Lipinski definition) is 1. The molecule has 2 aromatic rings. The Labute approximate surface area is 141 Å². The second-order valence-corrected chi connectivity index (χ2v) is 6.69. The highest BCUT2D eigenvalue weighted by atomic mass is 32.2. The fourth-order valence-corrected chi connectivity index (χ4v) is 3.47. The Balaban J connectivity index is 2.01. The number of anilines is 1. The van der Waals surface area contributed by atoms with Crippen LogP contribution >= 0.6 is 11.8 Å². The zero-order valence-electron chi connectivity index (χ0n) is 13.9. The third-order valence-electron chi connectivity index (χ3n) is 3.51. The molecule has 2 rings (SSSR count). The Morgan fingerprint density at radius 1 is 1.04 bits per heavy atom. The summed E-state index contributed by atoms with van der Waals surface area (Å²) in [6.07, 6.45) is 0. The molecule has 0 saturated carbocycles. The minimum atomic E-state index is -0.0740. The van der Waals surface area contributed by atoms with Crippen LogP contribution in [-0.2, 0) is 4.79 Å². The third kappa shape index (κ3) is 4.70. The van der Waals surface area contributed by atoms with E-state index in [0.717, 1.165) is 4.90 Å². The number of ketones is 1. The highest BCUT2D eigenvalue weighted by Crippen LogP contribution is 2.27. The Kier molecular flexibility index (Phi) is 5.61. The van der Waals surface area contributed by atoms with Gasteiger partial charge in [-0.05, 0) is 51.0 Å². The van der Waals surface area contributed by atoms with Gasteiger partial charge in [-0.3, -0.25) is 9.59 Å². The van der Waals surface area contributed by atoms with Crippen LogP contribution in [0.5, 0.6) is 0 Å². The van der Waals surface area contributed by atoms with Crippen molar-refractivity contribution in [1.29, 1.82) is 0 Å². The number of carbonyl (C=O) groups excluding carboxylic acids is 2. The molecule has 0 saturated heterocycles. The maximum absolute atomic E-state index is 12.1. The lowest BCUT2D eigenvalue weighted by atomic mass is 10.1. The molecule has 0 spiro atoms. The molecule has 0 unspecified atom stereocenters. The van der Waals surface area contributed by atoms with Crippen molar-refractivity contribution in [3.8, 4) is 0 Å². The molecule has 0 aliphatic carbocycles. The molecule has 0 radical (unpaired) electrons. The van der Waals surface area contributed by atoms with E-state index in [0.29, 0.717) is 17.0 Å². The summed E-state index contributed by atoms with van der Waals surface area (Å²) in [6.45, 7) is 7.72. The van der Waals surface area contributed by atoms with E-state index >= 15 is 0 Å². The van der Waals surface area contributed by atoms with Gasteiger partial charge in [-0.2, -0.15) is 0 Å². The van der Waals surface area contributed by atoms with E-state index in [4.69, 9.17) is 0 Å². The van der Waals surface area contributed by atoms with Gasteiger partial charge in [-0.1, -0.05) is 29.8 Å². The number of thioether (sulfide) groups is 1. The van der Waals surface area contributed by atoms with Crippen LogP contribution in [0.25, 0.3) is 0 Å². The van der Waals surface area contributed by atoms with Crippen LogP contribution in [0, 0.1) is 20.8 Å². The molecule has 0 aliphatic heterocycles. The number of carbonyl (C=O) groups is 2. The first-order chi connectivity index (χ1) is 10.9. The number of nitrogens with one attached hydrogen (secondary N) is 1. The average Bonchev–Trinajstić information content (AvgIpc) is 2.46. The predicted molar refractivity (Wildman–Crippen MR) is 96.5 cm³/mol. The summed E-state index contributed by atoms with van der Waals surface area (Å²) in [7, 11) is 0. The minimum Gasteiger partial charge on any atom is -0.325 e. The van der Waals surface area contributed by atoms with Gasteiger partial charge in [-0.25, -0.2) is 0 Å². The Bertz CT molecular complexity index is 730. The second kappa shape index (κ2) is 7.47. The van der Waals surface area contributed by atoms with E-state index < -0.39 is 0 Å². The number of aryl methyl sites for hydroxylation is 3. The van der Waals surface area contributed by atoms with Gasteiger partial charge in [0.15, 0.2) is 5.78 Å². The van der Waals surface area contributed by atoms with Crippen molar-refractivity contribution >= 4 is 29.1 Å². The van der Waals surface area contributed by atoms with Crippen molar-refractivity contribution in [2.45, 2.75) is 32.6 Å². The monoisotopic (exact) mass is 327 g/mol. The fraction of sp³-hybridized carbons (Fsp3) is 0.263. The number of rotatable bonds is 5. The average molecular weight is 327 g/mol. The highest BCUT2D eigenvalue weighted by Gasteiger charge is 2.09. The van der Waals surface area contributed by atoms with Crippen molar-refractivity contribution in [3.05, 3.63) is 58.7 Å². The van der Waals surface area contributed by atoms with Crippen molar-refractivity contribution in [2.24, 2.45) is 0 Å². The molecule has 23 heavy (non-hydrogen) atoms. The molecule has 0 heterocycles. The normalized spacial score (nSPS) is 10.4. The van der Waals surface area contributed by atoms with Crippen LogP contribution in [0.4, 0.5) is 5.69 Å². The van der Waals surface area contributed by atoms with E-state index in [9.17, 15) is 9.59 Å². The quantitative estimate of drug-likeness (QED) is 0.647. The number of hydrogen-bond acceptors (Lipinski definition) is 3. The summed E-state index contributed by atoms with van der Waals surface area (Å²) < 4.78 is 0. The van der Waals surface area contributed by atoms with E-state index in [-0.39, 0.29) is 11.7 Å². The summed E-state index contributed by atoms with van der Waals surface area (Å²) >= 11 is 1.54. The summed E-state index contributed by atoms with van der Waals surface area (Å²) in [5.74, 6) is 0.256. The largest absolute Gasteiger partial charge is 0.325 e. The van der Waals surface area contributed by atoms with Crippen LogP contribution in [0.2, 0.25) is 0 Å². The standard InChI is InChI=1S/C19H21NO2S/c1-12-8-13(2)19(14(3)9-12)23-11-18(22)20-17-7-5-6-16(10-17)15(4)21/h5-10H,11H2,1-4H3,(H,20,22). The molecule has 1 N–H and O–H groups in total. The summed E-state index contributed by atoms with van der Waals surface area (Å²) in [4.78, 5) is 24.7. The SMILES string of the molecule is CC(=O)c1cccc(NC(=O)CSc2c(C)cc(C)cc2C)c1. The molecule has 0 bridgehead atoms. The summed E-state index contributed by atoms with van der Waals surface area (Å²) in [5.41, 5.74) is 4.87. The first-order valence-electron chi connectivity index (χ1n) is 7.48. The van der Waals surface area contributed by atoms with Crippen molar-refractivity contribution in [2.75, 3.05) is 11.1 Å². The first-order valence-corrected chi connectivity index (χ1v) is 8.47. The van der Waals surface area contributed by atoms with Gasteiger partial charge in [-0.15, -0.1) is 11.8 Å². The topological polar surface area (TPSA) is 46.2 Å². The van der Waals surface area contributed by atoms with Gasteiger partial charge in [0.2, 0.25) is 5.91 Å². The Hall–Kier alpha value is -2.07. The zero-order chi connectivity index (χ0) is 17.0. The summed E-state index contributed by atoms with van der Waals surface area (Å²) in [5, 5.41) is 2.85. The molecule has 0 fully saturated rings. The molecule has 0 aliphatic rings.